The molecule has 0 saturated carbocycles. The third kappa shape index (κ3) is 3.96. The van der Waals surface area contributed by atoms with Crippen LogP contribution in [0.25, 0.3) is 10.8 Å². The maximum atomic E-state index is 12.0. The van der Waals surface area contributed by atoms with Gasteiger partial charge in [-0.1, -0.05) is 30.3 Å². The maximum Gasteiger partial charge on any atom is 0.315 e. The van der Waals surface area contributed by atoms with E-state index in [9.17, 15) is 4.79 Å². The predicted molar refractivity (Wildman–Crippen MR) is 91.0 cm³/mol. The molecule has 2 amide bonds. The van der Waals surface area contributed by atoms with E-state index in [1.165, 1.54) is 0 Å². The molecule has 0 spiro atoms. The third-order valence-corrected chi connectivity index (χ3v) is 3.97. The number of ether oxygens (including phenoxy) is 3. The van der Waals surface area contributed by atoms with Gasteiger partial charge >= 0.3 is 6.03 Å². The van der Waals surface area contributed by atoms with Gasteiger partial charge in [-0.2, -0.15) is 0 Å². The van der Waals surface area contributed by atoms with Crippen LogP contribution < -0.4 is 15.4 Å². The first-order valence-electron chi connectivity index (χ1n) is 8.07. The fourth-order valence-corrected chi connectivity index (χ4v) is 2.75. The molecule has 0 bridgehead atoms. The lowest BCUT2D eigenvalue weighted by molar-refractivity contribution is -0.173. The molecular weight excluding hydrogens is 308 g/mol. The Morgan fingerprint density at radius 1 is 1.17 bits per heavy atom. The van der Waals surface area contributed by atoms with E-state index >= 15 is 0 Å². The zero-order valence-corrected chi connectivity index (χ0v) is 13.7. The molecule has 24 heavy (non-hydrogen) atoms. The van der Waals surface area contributed by atoms with Gasteiger partial charge in [-0.05, 0) is 23.3 Å². The smallest absolute Gasteiger partial charge is 0.315 e. The highest BCUT2D eigenvalue weighted by molar-refractivity contribution is 5.88. The van der Waals surface area contributed by atoms with E-state index in [0.717, 1.165) is 28.5 Å². The third-order valence-electron chi connectivity index (χ3n) is 3.97. The highest BCUT2D eigenvalue weighted by Gasteiger charge is 2.15. The summed E-state index contributed by atoms with van der Waals surface area (Å²) in [5.74, 6) is 0.757. The van der Waals surface area contributed by atoms with Crippen molar-refractivity contribution in [1.29, 1.82) is 0 Å². The summed E-state index contributed by atoms with van der Waals surface area (Å²) in [6, 6.07) is 11.7. The van der Waals surface area contributed by atoms with Gasteiger partial charge in [0.25, 0.3) is 0 Å². The van der Waals surface area contributed by atoms with Crippen molar-refractivity contribution in [2.24, 2.45) is 0 Å². The monoisotopic (exact) mass is 330 g/mol. The topological polar surface area (TPSA) is 68.8 Å². The second-order valence-corrected chi connectivity index (χ2v) is 5.56. The van der Waals surface area contributed by atoms with Crippen LogP contribution in [0.2, 0.25) is 0 Å². The second-order valence-electron chi connectivity index (χ2n) is 5.56. The van der Waals surface area contributed by atoms with Gasteiger partial charge in [0.15, 0.2) is 6.29 Å². The van der Waals surface area contributed by atoms with Gasteiger partial charge in [0.2, 0.25) is 0 Å². The van der Waals surface area contributed by atoms with Crippen molar-refractivity contribution in [3.8, 4) is 5.75 Å². The summed E-state index contributed by atoms with van der Waals surface area (Å²) in [6.07, 6.45) is 0.528. The van der Waals surface area contributed by atoms with Crippen LogP contribution in [0.15, 0.2) is 36.4 Å². The molecular formula is C18H22N2O4. The van der Waals surface area contributed by atoms with Gasteiger partial charge < -0.3 is 24.8 Å². The summed E-state index contributed by atoms with van der Waals surface area (Å²) in [6.45, 7) is 2.05. The van der Waals surface area contributed by atoms with Crippen molar-refractivity contribution in [2.45, 2.75) is 19.3 Å². The fourth-order valence-electron chi connectivity index (χ4n) is 2.75. The molecule has 2 aromatic rings. The molecule has 0 aliphatic carbocycles. The summed E-state index contributed by atoms with van der Waals surface area (Å²) < 4.78 is 16.2. The number of methoxy groups -OCH3 is 1. The molecule has 0 unspecified atom stereocenters. The largest absolute Gasteiger partial charge is 0.496 e. The van der Waals surface area contributed by atoms with Gasteiger partial charge in [-0.25, -0.2) is 4.79 Å². The molecule has 1 heterocycles. The minimum absolute atomic E-state index is 0.261. The molecule has 2 N–H and O–H groups in total. The van der Waals surface area contributed by atoms with Crippen LogP contribution in [0, 0.1) is 0 Å². The van der Waals surface area contributed by atoms with E-state index in [1.54, 1.807) is 7.11 Å². The average molecular weight is 330 g/mol. The Kier molecular flexibility index (Phi) is 5.51. The standard InChI is InChI=1S/C18H22N2O4/c1-22-16-8-7-13-5-2-3-6-14(13)15(16)11-19-18(21)20-12-17-23-9-4-10-24-17/h2-3,5-8,17H,4,9-12H2,1H3,(H2,19,20,21). The van der Waals surface area contributed by atoms with Crippen LogP contribution in [0.3, 0.4) is 0 Å². The minimum Gasteiger partial charge on any atom is -0.496 e. The number of hydrogen-bond acceptors (Lipinski definition) is 4. The summed E-state index contributed by atoms with van der Waals surface area (Å²) in [7, 11) is 1.63. The Hall–Kier alpha value is -2.31. The Morgan fingerprint density at radius 3 is 2.75 bits per heavy atom. The lowest BCUT2D eigenvalue weighted by Crippen LogP contribution is -2.42. The number of carbonyl (C=O) groups excluding carboxylic acids is 1. The molecule has 1 saturated heterocycles. The molecule has 2 aromatic carbocycles. The first-order valence-corrected chi connectivity index (χ1v) is 8.07. The normalized spacial score (nSPS) is 15.2. The predicted octanol–water partition coefficient (Wildman–Crippen LogP) is 2.41. The van der Waals surface area contributed by atoms with Gasteiger partial charge in [0.05, 0.1) is 26.9 Å². The van der Waals surface area contributed by atoms with Gasteiger partial charge in [0.1, 0.15) is 5.75 Å². The van der Waals surface area contributed by atoms with Crippen LogP contribution in [0.1, 0.15) is 12.0 Å². The number of nitrogens with one attached hydrogen (secondary N) is 2. The van der Waals surface area contributed by atoms with Crippen molar-refractivity contribution in [3.05, 3.63) is 42.0 Å². The zero-order valence-electron chi connectivity index (χ0n) is 13.7. The fraction of sp³-hybridized carbons (Fsp3) is 0.389. The van der Waals surface area contributed by atoms with E-state index in [0.29, 0.717) is 26.3 Å². The Labute approximate surface area is 141 Å². The number of rotatable bonds is 5. The Balaban J connectivity index is 1.61. The molecule has 1 aliphatic rings. The second kappa shape index (κ2) is 7.99. The SMILES string of the molecule is COc1ccc2ccccc2c1CNC(=O)NCC1OCCCO1. The van der Waals surface area contributed by atoms with E-state index in [2.05, 4.69) is 10.6 Å². The molecule has 1 aliphatic heterocycles. The molecule has 0 aromatic heterocycles. The van der Waals surface area contributed by atoms with Crippen molar-refractivity contribution in [1.82, 2.24) is 10.6 Å². The molecule has 3 rings (SSSR count). The van der Waals surface area contributed by atoms with E-state index < -0.39 is 0 Å². The molecule has 0 atom stereocenters. The maximum absolute atomic E-state index is 12.0. The first kappa shape index (κ1) is 16.5. The van der Waals surface area contributed by atoms with E-state index in [-0.39, 0.29) is 12.3 Å². The Bertz CT molecular complexity index is 698. The van der Waals surface area contributed by atoms with Gasteiger partial charge in [-0.15, -0.1) is 0 Å². The van der Waals surface area contributed by atoms with Crippen molar-refractivity contribution in [3.63, 3.8) is 0 Å². The molecule has 6 nitrogen and oxygen atoms in total. The van der Waals surface area contributed by atoms with Crippen molar-refractivity contribution < 1.29 is 19.0 Å². The number of carbonyl (C=O) groups is 1. The van der Waals surface area contributed by atoms with Crippen LogP contribution in [-0.4, -0.2) is 39.2 Å². The summed E-state index contributed by atoms with van der Waals surface area (Å²) in [5, 5.41) is 7.81. The van der Waals surface area contributed by atoms with Crippen LogP contribution in [0.5, 0.6) is 5.75 Å². The molecule has 0 radical (unpaired) electrons. The molecule has 1 fully saturated rings. The van der Waals surface area contributed by atoms with Crippen LogP contribution in [-0.2, 0) is 16.0 Å². The molecule has 6 heteroatoms. The van der Waals surface area contributed by atoms with Crippen LogP contribution >= 0.6 is 0 Å². The van der Waals surface area contributed by atoms with Crippen molar-refractivity contribution >= 4 is 16.8 Å². The Morgan fingerprint density at radius 2 is 1.96 bits per heavy atom. The summed E-state index contributed by atoms with van der Waals surface area (Å²) in [5.41, 5.74) is 0.955. The number of hydrogen-bond donors (Lipinski definition) is 2. The summed E-state index contributed by atoms with van der Waals surface area (Å²) >= 11 is 0. The van der Waals surface area contributed by atoms with E-state index in [4.69, 9.17) is 14.2 Å². The van der Waals surface area contributed by atoms with E-state index in [1.807, 2.05) is 36.4 Å². The number of urea groups is 1. The number of benzene rings is 2. The number of fused-ring (bicyclic) bond motifs is 1. The highest BCUT2D eigenvalue weighted by atomic mass is 16.7. The van der Waals surface area contributed by atoms with Gasteiger partial charge in [0, 0.05) is 12.1 Å². The van der Waals surface area contributed by atoms with Crippen LogP contribution in [0.4, 0.5) is 4.79 Å². The van der Waals surface area contributed by atoms with Gasteiger partial charge in [-0.3, -0.25) is 0 Å². The first-order chi connectivity index (χ1) is 11.8. The quantitative estimate of drug-likeness (QED) is 0.883. The lowest BCUT2D eigenvalue weighted by atomic mass is 10.0. The zero-order chi connectivity index (χ0) is 16.8. The minimum atomic E-state index is -0.364. The number of amides is 2. The highest BCUT2D eigenvalue weighted by Crippen LogP contribution is 2.27. The lowest BCUT2D eigenvalue weighted by Gasteiger charge is -2.23. The van der Waals surface area contributed by atoms with Crippen molar-refractivity contribution in [2.75, 3.05) is 26.9 Å². The summed E-state index contributed by atoms with van der Waals surface area (Å²) in [4.78, 5) is 12.0. The average Bonchev–Trinajstić information content (AvgIpc) is 2.65. The molecule has 128 valence electrons.